The van der Waals surface area contributed by atoms with Gasteiger partial charge in [0, 0.05) is 16.6 Å². The fourth-order valence-corrected chi connectivity index (χ4v) is 4.65. The van der Waals surface area contributed by atoms with Gasteiger partial charge < -0.3 is 4.74 Å². The number of ketones is 1. The number of nitrogens with zero attached hydrogens (tertiary/aromatic N) is 1. The Hall–Kier alpha value is -2.38. The van der Waals surface area contributed by atoms with Gasteiger partial charge in [-0.15, -0.1) is 0 Å². The minimum absolute atomic E-state index is 0.207. The lowest BCUT2D eigenvalue weighted by Crippen LogP contribution is -2.34. The standard InChI is InChI=1S/C19H18ClNO5S/c1-12-8-15-9-13(6-7-17(15)21(12)27(2,24)25)18(22)11-26-19(23)14-4-3-5-16(20)10-14/h3-7,9-10,12H,8,11H2,1-2H3/t12-/m1/s1. The van der Waals surface area contributed by atoms with Crippen LogP contribution in [0.5, 0.6) is 0 Å². The molecule has 0 aromatic heterocycles. The summed E-state index contributed by atoms with van der Waals surface area (Å²) in [5.74, 6) is -0.998. The molecule has 27 heavy (non-hydrogen) atoms. The molecule has 1 aliphatic rings. The van der Waals surface area contributed by atoms with E-state index in [1.165, 1.54) is 10.4 Å². The monoisotopic (exact) mass is 407 g/mol. The number of benzene rings is 2. The molecule has 0 fully saturated rings. The highest BCUT2D eigenvalue weighted by Crippen LogP contribution is 2.34. The molecule has 8 heteroatoms. The number of ether oxygens (including phenoxy) is 1. The number of hydrogen-bond donors (Lipinski definition) is 0. The quantitative estimate of drug-likeness (QED) is 0.562. The van der Waals surface area contributed by atoms with Gasteiger partial charge in [0.1, 0.15) is 0 Å². The van der Waals surface area contributed by atoms with Crippen LogP contribution in [0.2, 0.25) is 5.02 Å². The van der Waals surface area contributed by atoms with Gasteiger partial charge in [0.2, 0.25) is 10.0 Å². The molecule has 6 nitrogen and oxygen atoms in total. The third-order valence-electron chi connectivity index (χ3n) is 4.31. The molecule has 2 aromatic rings. The number of hydrogen-bond acceptors (Lipinski definition) is 5. The van der Waals surface area contributed by atoms with Gasteiger partial charge in [-0.1, -0.05) is 17.7 Å². The van der Waals surface area contributed by atoms with Gasteiger partial charge in [-0.3, -0.25) is 9.10 Å². The lowest BCUT2D eigenvalue weighted by atomic mass is 10.0. The Labute approximate surface area is 162 Å². The number of carbonyl (C=O) groups is 2. The van der Waals surface area contributed by atoms with Gasteiger partial charge in [-0.25, -0.2) is 13.2 Å². The second-order valence-electron chi connectivity index (χ2n) is 6.47. The first-order valence-corrected chi connectivity index (χ1v) is 10.5. The van der Waals surface area contributed by atoms with Gasteiger partial charge in [-0.05, 0) is 55.3 Å². The summed E-state index contributed by atoms with van der Waals surface area (Å²) in [5.41, 5.74) is 1.99. The normalized spacial score (nSPS) is 16.1. The summed E-state index contributed by atoms with van der Waals surface area (Å²) >= 11 is 5.84. The van der Waals surface area contributed by atoms with E-state index in [1.807, 2.05) is 6.92 Å². The SMILES string of the molecule is C[C@@H]1Cc2cc(C(=O)COC(=O)c3cccc(Cl)c3)ccc2N1S(C)(=O)=O. The van der Waals surface area contributed by atoms with Crippen LogP contribution in [0, 0.1) is 0 Å². The molecule has 2 aromatic carbocycles. The first-order valence-electron chi connectivity index (χ1n) is 8.25. The van der Waals surface area contributed by atoms with Crippen molar-refractivity contribution in [3.8, 4) is 0 Å². The summed E-state index contributed by atoms with van der Waals surface area (Å²) < 4.78 is 30.3. The Balaban J connectivity index is 1.72. The first kappa shape index (κ1) is 19.4. The van der Waals surface area contributed by atoms with Crippen LogP contribution in [0.25, 0.3) is 0 Å². The van der Waals surface area contributed by atoms with E-state index >= 15 is 0 Å². The maximum Gasteiger partial charge on any atom is 0.338 e. The van der Waals surface area contributed by atoms with E-state index in [0.29, 0.717) is 22.7 Å². The number of halogens is 1. The summed E-state index contributed by atoms with van der Waals surface area (Å²) in [6, 6.07) is 10.9. The smallest absolute Gasteiger partial charge is 0.338 e. The molecule has 1 aliphatic heterocycles. The Morgan fingerprint density at radius 2 is 1.93 bits per heavy atom. The average Bonchev–Trinajstić information content (AvgIpc) is 2.94. The molecule has 1 atom stereocenters. The number of fused-ring (bicyclic) bond motifs is 1. The largest absolute Gasteiger partial charge is 0.454 e. The van der Waals surface area contributed by atoms with Crippen LogP contribution in [0.3, 0.4) is 0 Å². The van der Waals surface area contributed by atoms with Crippen molar-refractivity contribution >= 4 is 39.1 Å². The summed E-state index contributed by atoms with van der Waals surface area (Å²) in [6.45, 7) is 1.41. The van der Waals surface area contributed by atoms with Crippen LogP contribution in [0.4, 0.5) is 5.69 Å². The van der Waals surface area contributed by atoms with Crippen molar-refractivity contribution in [1.29, 1.82) is 0 Å². The third kappa shape index (κ3) is 4.14. The number of anilines is 1. The molecule has 0 aliphatic carbocycles. The maximum absolute atomic E-state index is 12.4. The van der Waals surface area contributed by atoms with Crippen molar-refractivity contribution in [1.82, 2.24) is 0 Å². The van der Waals surface area contributed by atoms with E-state index < -0.39 is 22.6 Å². The minimum atomic E-state index is -3.39. The molecule has 0 bridgehead atoms. The fourth-order valence-electron chi connectivity index (χ4n) is 3.19. The Morgan fingerprint density at radius 1 is 1.19 bits per heavy atom. The van der Waals surface area contributed by atoms with E-state index in [-0.39, 0.29) is 17.4 Å². The zero-order valence-electron chi connectivity index (χ0n) is 14.8. The Morgan fingerprint density at radius 3 is 2.59 bits per heavy atom. The zero-order valence-corrected chi connectivity index (χ0v) is 16.4. The molecule has 0 saturated carbocycles. The van der Waals surface area contributed by atoms with Gasteiger partial charge in [-0.2, -0.15) is 0 Å². The second kappa shape index (κ2) is 7.32. The van der Waals surface area contributed by atoms with E-state index in [4.69, 9.17) is 16.3 Å². The molecule has 142 valence electrons. The molecule has 0 saturated heterocycles. The van der Waals surface area contributed by atoms with Crippen molar-refractivity contribution in [3.63, 3.8) is 0 Å². The summed E-state index contributed by atoms with van der Waals surface area (Å²) in [7, 11) is -3.39. The molecule has 0 spiro atoms. The Kier molecular flexibility index (Phi) is 5.26. The molecular formula is C19H18ClNO5S. The van der Waals surface area contributed by atoms with Crippen LogP contribution >= 0.6 is 11.6 Å². The average molecular weight is 408 g/mol. The van der Waals surface area contributed by atoms with Gasteiger partial charge in [0.05, 0.1) is 17.5 Å². The highest BCUT2D eigenvalue weighted by Gasteiger charge is 2.32. The lowest BCUT2D eigenvalue weighted by Gasteiger charge is -2.21. The maximum atomic E-state index is 12.4. The zero-order chi connectivity index (χ0) is 19.8. The highest BCUT2D eigenvalue weighted by atomic mass is 35.5. The van der Waals surface area contributed by atoms with Gasteiger partial charge >= 0.3 is 5.97 Å². The summed E-state index contributed by atoms with van der Waals surface area (Å²) in [6.07, 6.45) is 1.68. The molecule has 1 heterocycles. The van der Waals surface area contributed by atoms with E-state index in [0.717, 1.165) is 11.8 Å². The predicted octanol–water partition coefficient (Wildman–Crippen LogP) is 3.09. The lowest BCUT2D eigenvalue weighted by molar-refractivity contribution is 0.0475. The summed E-state index contributed by atoms with van der Waals surface area (Å²) in [5, 5.41) is 0.402. The Bertz CT molecular complexity index is 1020. The molecule has 0 amide bonds. The van der Waals surface area contributed by atoms with Crippen LogP contribution in [-0.4, -0.2) is 39.1 Å². The van der Waals surface area contributed by atoms with Crippen molar-refractivity contribution in [2.75, 3.05) is 17.2 Å². The fraction of sp³-hybridized carbons (Fsp3) is 0.263. The van der Waals surface area contributed by atoms with Crippen molar-refractivity contribution in [3.05, 3.63) is 64.2 Å². The van der Waals surface area contributed by atoms with Crippen LogP contribution in [0.1, 0.15) is 33.2 Å². The number of sulfonamides is 1. The van der Waals surface area contributed by atoms with Crippen molar-refractivity contribution in [2.24, 2.45) is 0 Å². The highest BCUT2D eigenvalue weighted by molar-refractivity contribution is 7.92. The predicted molar refractivity (Wildman–Crippen MR) is 103 cm³/mol. The third-order valence-corrected chi connectivity index (χ3v) is 5.81. The van der Waals surface area contributed by atoms with Crippen molar-refractivity contribution < 1.29 is 22.7 Å². The molecule has 0 N–H and O–H groups in total. The molecule has 0 unspecified atom stereocenters. The van der Waals surface area contributed by atoms with Crippen LogP contribution in [-0.2, 0) is 21.2 Å². The summed E-state index contributed by atoms with van der Waals surface area (Å²) in [4.78, 5) is 24.4. The number of carbonyl (C=O) groups excluding carboxylic acids is 2. The van der Waals surface area contributed by atoms with Crippen molar-refractivity contribution in [2.45, 2.75) is 19.4 Å². The molecular weight excluding hydrogens is 390 g/mol. The number of Topliss-reactive ketones (excluding diaryl/α,β-unsaturated/α-hetero) is 1. The first-order chi connectivity index (χ1) is 12.7. The van der Waals surface area contributed by atoms with Crippen LogP contribution in [0.15, 0.2) is 42.5 Å². The van der Waals surface area contributed by atoms with Gasteiger partial charge in [0.15, 0.2) is 12.4 Å². The molecule has 3 rings (SSSR count). The van der Waals surface area contributed by atoms with Gasteiger partial charge in [0.25, 0.3) is 0 Å². The topological polar surface area (TPSA) is 80.8 Å². The minimum Gasteiger partial charge on any atom is -0.454 e. The number of esters is 1. The number of rotatable bonds is 5. The second-order valence-corrected chi connectivity index (χ2v) is 8.76. The van der Waals surface area contributed by atoms with E-state index in [2.05, 4.69) is 0 Å². The van der Waals surface area contributed by atoms with E-state index in [9.17, 15) is 18.0 Å². The molecule has 0 radical (unpaired) electrons. The van der Waals surface area contributed by atoms with Crippen LogP contribution < -0.4 is 4.31 Å². The van der Waals surface area contributed by atoms with E-state index in [1.54, 1.807) is 36.4 Å².